The zero-order valence-electron chi connectivity index (χ0n) is 5.96. The first kappa shape index (κ1) is 8.88. The highest BCUT2D eigenvalue weighted by Gasteiger charge is 2.25. The Balaban J connectivity index is 3.80. The smallest absolute Gasteiger partial charge is 0.0735 e. The summed E-state index contributed by atoms with van der Waals surface area (Å²) in [5.41, 5.74) is 4.71. The van der Waals surface area contributed by atoms with Gasteiger partial charge in [0.2, 0.25) is 0 Å². The molecule has 1 atom stereocenters. The molecule has 0 fully saturated rings. The van der Waals surface area contributed by atoms with Crippen LogP contribution in [0.1, 0.15) is 13.8 Å². The molecule has 0 aromatic heterocycles. The summed E-state index contributed by atoms with van der Waals surface area (Å²) in [5.74, 6) is 0. The van der Waals surface area contributed by atoms with Crippen molar-refractivity contribution in [3.63, 3.8) is 0 Å². The average molecular weight is 133 g/mol. The highest BCUT2D eigenvalue weighted by molar-refractivity contribution is 4.76. The van der Waals surface area contributed by atoms with Crippen LogP contribution in [0.15, 0.2) is 0 Å². The van der Waals surface area contributed by atoms with Crippen molar-refractivity contribution in [2.75, 3.05) is 13.2 Å². The van der Waals surface area contributed by atoms with Gasteiger partial charge in [-0.05, 0) is 0 Å². The fourth-order valence-electron chi connectivity index (χ4n) is 0.424. The molecule has 0 aromatic rings. The third-order valence-corrected chi connectivity index (χ3v) is 1.53. The quantitative estimate of drug-likeness (QED) is 0.478. The van der Waals surface area contributed by atoms with Crippen LogP contribution in [0.25, 0.3) is 0 Å². The van der Waals surface area contributed by atoms with E-state index in [0.717, 1.165) is 0 Å². The molecule has 0 unspecified atom stereocenters. The van der Waals surface area contributed by atoms with Gasteiger partial charge in [0.25, 0.3) is 0 Å². The molecule has 0 amide bonds. The van der Waals surface area contributed by atoms with Crippen LogP contribution in [0.3, 0.4) is 0 Å². The van der Waals surface area contributed by atoms with Crippen molar-refractivity contribution in [3.8, 4) is 0 Å². The maximum absolute atomic E-state index is 9.10. The lowest BCUT2D eigenvalue weighted by atomic mass is 9.88. The molecule has 56 valence electrons. The Labute approximate surface area is 55.5 Å². The van der Waals surface area contributed by atoms with Crippen LogP contribution < -0.4 is 5.73 Å². The van der Waals surface area contributed by atoms with Gasteiger partial charge in [-0.1, -0.05) is 13.8 Å². The number of hydrogen-bond acceptors (Lipinski definition) is 3. The molecule has 0 aliphatic rings. The van der Waals surface area contributed by atoms with Crippen LogP contribution in [-0.4, -0.2) is 29.5 Å². The molecule has 0 heterocycles. The van der Waals surface area contributed by atoms with Crippen LogP contribution >= 0.6 is 0 Å². The molecule has 3 nitrogen and oxygen atoms in total. The van der Waals surface area contributed by atoms with Crippen LogP contribution in [0.2, 0.25) is 0 Å². The molecule has 3 heteroatoms. The van der Waals surface area contributed by atoms with E-state index in [-0.39, 0.29) is 13.2 Å². The lowest BCUT2D eigenvalue weighted by Crippen LogP contribution is -2.38. The zero-order chi connectivity index (χ0) is 7.49. The standard InChI is InChI=1S/C6H15NO2/c1-6(2,4-8)5(9)3-7/h5,8-9H,3-4,7H2,1-2H3/t5-/m1/s1. The van der Waals surface area contributed by atoms with E-state index in [0.29, 0.717) is 0 Å². The second-order valence-corrected chi connectivity index (χ2v) is 2.90. The lowest BCUT2D eigenvalue weighted by molar-refractivity contribution is 0.0139. The van der Waals surface area contributed by atoms with Gasteiger partial charge in [-0.3, -0.25) is 0 Å². The van der Waals surface area contributed by atoms with Gasteiger partial charge in [0.1, 0.15) is 0 Å². The van der Waals surface area contributed by atoms with Gasteiger partial charge >= 0.3 is 0 Å². The summed E-state index contributed by atoms with van der Waals surface area (Å²) in [4.78, 5) is 0. The Morgan fingerprint density at radius 3 is 2.11 bits per heavy atom. The Hall–Kier alpha value is -0.120. The Morgan fingerprint density at radius 1 is 1.56 bits per heavy atom. The number of aliphatic hydroxyl groups excluding tert-OH is 2. The van der Waals surface area contributed by atoms with Crippen molar-refractivity contribution in [3.05, 3.63) is 0 Å². The van der Waals surface area contributed by atoms with Crippen molar-refractivity contribution in [2.24, 2.45) is 11.1 Å². The molecular weight excluding hydrogens is 118 g/mol. The Morgan fingerprint density at radius 2 is 2.00 bits per heavy atom. The van der Waals surface area contributed by atoms with Gasteiger partial charge in [-0.25, -0.2) is 0 Å². The largest absolute Gasteiger partial charge is 0.396 e. The summed E-state index contributed by atoms with van der Waals surface area (Å²) in [7, 11) is 0. The molecule has 0 rings (SSSR count). The van der Waals surface area contributed by atoms with Crippen LogP contribution in [0, 0.1) is 5.41 Å². The van der Waals surface area contributed by atoms with Crippen molar-refractivity contribution in [2.45, 2.75) is 20.0 Å². The lowest BCUT2D eigenvalue weighted by Gasteiger charge is -2.26. The van der Waals surface area contributed by atoms with Gasteiger partial charge in [-0.15, -0.1) is 0 Å². The number of rotatable bonds is 3. The van der Waals surface area contributed by atoms with Gasteiger partial charge < -0.3 is 15.9 Å². The molecule has 0 saturated carbocycles. The van der Waals surface area contributed by atoms with Gasteiger partial charge in [0, 0.05) is 12.0 Å². The van der Waals surface area contributed by atoms with E-state index >= 15 is 0 Å². The molecule has 0 aliphatic heterocycles. The van der Waals surface area contributed by atoms with E-state index in [9.17, 15) is 0 Å². The number of nitrogens with two attached hydrogens (primary N) is 1. The molecule has 0 spiro atoms. The minimum absolute atomic E-state index is 0.0363. The fraction of sp³-hybridized carbons (Fsp3) is 1.00. The Bertz CT molecular complexity index is 83.1. The van der Waals surface area contributed by atoms with E-state index < -0.39 is 11.5 Å². The predicted molar refractivity (Wildman–Crippen MR) is 35.9 cm³/mol. The van der Waals surface area contributed by atoms with E-state index in [1.807, 2.05) is 0 Å². The fourth-order valence-corrected chi connectivity index (χ4v) is 0.424. The number of aliphatic hydroxyl groups is 2. The van der Waals surface area contributed by atoms with Crippen molar-refractivity contribution >= 4 is 0 Å². The molecule has 0 aromatic carbocycles. The molecule has 0 radical (unpaired) electrons. The van der Waals surface area contributed by atoms with Crippen LogP contribution in [-0.2, 0) is 0 Å². The van der Waals surface area contributed by atoms with E-state index in [1.54, 1.807) is 13.8 Å². The molecule has 4 N–H and O–H groups in total. The minimum atomic E-state index is -0.609. The SMILES string of the molecule is CC(C)(CO)[C@H](O)CN. The Kier molecular flexibility index (Phi) is 3.11. The second-order valence-electron chi connectivity index (χ2n) is 2.90. The maximum atomic E-state index is 9.10. The van der Waals surface area contributed by atoms with E-state index in [4.69, 9.17) is 15.9 Å². The highest BCUT2D eigenvalue weighted by Crippen LogP contribution is 2.17. The molecule has 0 aliphatic carbocycles. The summed E-state index contributed by atoms with van der Waals surface area (Å²) >= 11 is 0. The first-order valence-electron chi connectivity index (χ1n) is 3.03. The second kappa shape index (κ2) is 3.15. The van der Waals surface area contributed by atoms with E-state index in [1.165, 1.54) is 0 Å². The first-order chi connectivity index (χ1) is 4.04. The van der Waals surface area contributed by atoms with Gasteiger partial charge in [0.15, 0.2) is 0 Å². The molecule has 0 bridgehead atoms. The molecular formula is C6H15NO2. The van der Waals surface area contributed by atoms with Crippen LogP contribution in [0.5, 0.6) is 0 Å². The van der Waals surface area contributed by atoms with Crippen molar-refractivity contribution < 1.29 is 10.2 Å². The average Bonchev–Trinajstić information content (AvgIpc) is 1.86. The highest BCUT2D eigenvalue weighted by atomic mass is 16.3. The third kappa shape index (κ3) is 2.30. The normalized spacial score (nSPS) is 15.7. The summed E-state index contributed by atoms with van der Waals surface area (Å²) in [6.07, 6.45) is -0.609. The molecule has 9 heavy (non-hydrogen) atoms. The first-order valence-corrected chi connectivity index (χ1v) is 3.03. The third-order valence-electron chi connectivity index (χ3n) is 1.53. The van der Waals surface area contributed by atoms with Crippen molar-refractivity contribution in [1.82, 2.24) is 0 Å². The van der Waals surface area contributed by atoms with E-state index in [2.05, 4.69) is 0 Å². The summed E-state index contributed by atoms with van der Waals surface area (Å²) in [5, 5.41) is 17.8. The summed E-state index contributed by atoms with van der Waals surface area (Å²) < 4.78 is 0. The van der Waals surface area contributed by atoms with Crippen LogP contribution in [0.4, 0.5) is 0 Å². The minimum Gasteiger partial charge on any atom is -0.396 e. The zero-order valence-corrected chi connectivity index (χ0v) is 5.96. The monoisotopic (exact) mass is 133 g/mol. The summed E-state index contributed by atoms with van der Waals surface area (Å²) in [6.45, 7) is 3.70. The maximum Gasteiger partial charge on any atom is 0.0735 e. The van der Waals surface area contributed by atoms with Gasteiger partial charge in [0.05, 0.1) is 12.7 Å². The number of hydrogen-bond donors (Lipinski definition) is 3. The summed E-state index contributed by atoms with van der Waals surface area (Å²) in [6, 6.07) is 0. The van der Waals surface area contributed by atoms with Crippen molar-refractivity contribution in [1.29, 1.82) is 0 Å². The topological polar surface area (TPSA) is 66.5 Å². The predicted octanol–water partition coefficient (Wildman–Crippen LogP) is -0.676. The molecule has 0 saturated heterocycles. The van der Waals surface area contributed by atoms with Gasteiger partial charge in [-0.2, -0.15) is 0 Å².